The summed E-state index contributed by atoms with van der Waals surface area (Å²) in [4.78, 5) is 2.42. The van der Waals surface area contributed by atoms with E-state index in [2.05, 4.69) is 4.99 Å². The molecule has 15 heavy (non-hydrogen) atoms. The quantitative estimate of drug-likeness (QED) is 0.564. The molecule has 0 aromatic carbocycles. The second-order valence-corrected chi connectivity index (χ2v) is 2.68. The first-order valence-electron chi connectivity index (χ1n) is 3.58. The van der Waals surface area contributed by atoms with Gasteiger partial charge in [-0.1, -0.05) is 0 Å². The average Bonchev–Trinajstić information content (AvgIpc) is 1.99. The van der Waals surface area contributed by atoms with Crippen LogP contribution in [0.3, 0.4) is 0 Å². The van der Waals surface area contributed by atoms with Crippen LogP contribution in [0.5, 0.6) is 0 Å². The second kappa shape index (κ2) is 3.39. The van der Waals surface area contributed by atoms with Gasteiger partial charge in [-0.05, 0) is 12.5 Å². The highest BCUT2D eigenvalue weighted by atomic mass is 19.4. The van der Waals surface area contributed by atoms with Crippen LogP contribution in [0.4, 0.5) is 26.3 Å². The van der Waals surface area contributed by atoms with E-state index in [0.717, 1.165) is 6.92 Å². The van der Waals surface area contributed by atoms with E-state index >= 15 is 0 Å². The van der Waals surface area contributed by atoms with Crippen LogP contribution >= 0.6 is 0 Å². The van der Waals surface area contributed by atoms with Gasteiger partial charge in [0.1, 0.15) is 0 Å². The van der Waals surface area contributed by atoms with E-state index < -0.39 is 23.8 Å². The molecule has 7 heteroatoms. The zero-order valence-electron chi connectivity index (χ0n) is 7.22. The van der Waals surface area contributed by atoms with Crippen molar-refractivity contribution < 1.29 is 26.3 Å². The predicted molar refractivity (Wildman–Crippen MR) is 38.4 cm³/mol. The zero-order chi connectivity index (χ0) is 11.9. The lowest BCUT2D eigenvalue weighted by Gasteiger charge is -2.04. The molecule has 1 aliphatic heterocycles. The lowest BCUT2D eigenvalue weighted by Crippen LogP contribution is -2.31. The van der Waals surface area contributed by atoms with Gasteiger partial charge in [0, 0.05) is 0 Å². The van der Waals surface area contributed by atoms with Gasteiger partial charge in [-0.3, -0.25) is 0 Å². The molecule has 81 valence electrons. The van der Waals surface area contributed by atoms with Crippen LogP contribution in [0.2, 0.25) is 0 Å². The van der Waals surface area contributed by atoms with Crippen LogP contribution in [0, 0.1) is 12.2 Å². The van der Waals surface area contributed by atoms with Crippen molar-refractivity contribution in [2.75, 3.05) is 0 Å². The van der Waals surface area contributed by atoms with E-state index in [1.807, 2.05) is 0 Å². The van der Waals surface area contributed by atoms with Crippen molar-refractivity contribution in [1.29, 1.82) is 0 Å². The van der Waals surface area contributed by atoms with Crippen LogP contribution in [0.15, 0.2) is 11.3 Å². The molecule has 0 aromatic rings. The Morgan fingerprint density at radius 1 is 0.933 bits per heavy atom. The molecule has 0 fully saturated rings. The van der Waals surface area contributed by atoms with Gasteiger partial charge >= 0.3 is 23.8 Å². The third-order valence-corrected chi connectivity index (χ3v) is 1.37. The van der Waals surface area contributed by atoms with Crippen LogP contribution in [0.1, 0.15) is 6.92 Å². The number of hydrogen-bond donors (Lipinski definition) is 0. The Bertz CT molecular complexity index is 340. The first kappa shape index (κ1) is 11.8. The smallest absolute Gasteiger partial charge is 0.161 e. The molecular formula is C8H3F6N+. The molecule has 0 spiro atoms. The number of nitrogens with zero attached hydrogens (tertiary/aromatic N) is 1. The monoisotopic (exact) mass is 227 g/mol. The van der Waals surface area contributed by atoms with Gasteiger partial charge in [0.25, 0.3) is 0 Å². The Balaban J connectivity index is 3.17. The van der Waals surface area contributed by atoms with Crippen molar-refractivity contribution in [3.63, 3.8) is 0 Å². The average molecular weight is 227 g/mol. The summed E-state index contributed by atoms with van der Waals surface area (Å²) in [5, 5.41) is 0. The maximum Gasteiger partial charge on any atom is 0.485 e. The lowest BCUT2D eigenvalue weighted by molar-refractivity contribution is -0.0961. The van der Waals surface area contributed by atoms with Crippen molar-refractivity contribution in [3.05, 3.63) is 23.4 Å². The van der Waals surface area contributed by atoms with E-state index in [0.29, 0.717) is 0 Å². The van der Waals surface area contributed by atoms with Gasteiger partial charge in [-0.2, -0.15) is 26.3 Å². The van der Waals surface area contributed by atoms with E-state index in [1.165, 1.54) is 0 Å². The van der Waals surface area contributed by atoms with Crippen LogP contribution in [-0.2, 0) is 0 Å². The molecular weight excluding hydrogens is 224 g/mol. The SMILES string of the molecule is CC1=[C]C(C(F)(F)F)=[N+]C(C(F)(F)F)=[C]1. The predicted octanol–water partition coefficient (Wildman–Crippen LogP) is 2.34. The summed E-state index contributed by atoms with van der Waals surface area (Å²) in [7, 11) is 0. The fraction of sp³-hybridized carbons (Fsp3) is 0.375. The maximum absolute atomic E-state index is 12.1. The van der Waals surface area contributed by atoms with Gasteiger partial charge in [-0.25, -0.2) is 0 Å². The molecule has 0 unspecified atom stereocenters. The molecule has 0 bridgehead atoms. The number of rotatable bonds is 0. The molecule has 0 saturated heterocycles. The van der Waals surface area contributed by atoms with Crippen molar-refractivity contribution in [2.45, 2.75) is 19.3 Å². The summed E-state index contributed by atoms with van der Waals surface area (Å²) in [6.45, 7) is 1.03. The number of halogens is 6. The summed E-state index contributed by atoms with van der Waals surface area (Å²) in [6, 6.07) is 0. The summed E-state index contributed by atoms with van der Waals surface area (Å²) in [5.74, 6) is 0. The van der Waals surface area contributed by atoms with Gasteiger partial charge in [0.05, 0.1) is 17.1 Å². The third-order valence-electron chi connectivity index (χ3n) is 1.37. The second-order valence-electron chi connectivity index (χ2n) is 2.68. The Kier molecular flexibility index (Phi) is 2.67. The Morgan fingerprint density at radius 2 is 1.47 bits per heavy atom. The van der Waals surface area contributed by atoms with E-state index in [9.17, 15) is 26.3 Å². The Hall–Kier alpha value is -1.27. The van der Waals surface area contributed by atoms with E-state index in [-0.39, 0.29) is 5.57 Å². The minimum absolute atomic E-state index is 0.385. The van der Waals surface area contributed by atoms with Crippen molar-refractivity contribution >= 4 is 5.71 Å². The maximum atomic E-state index is 12.1. The van der Waals surface area contributed by atoms with Gasteiger partial charge in [0.2, 0.25) is 0 Å². The van der Waals surface area contributed by atoms with Crippen LogP contribution in [-0.4, -0.2) is 18.1 Å². The fourth-order valence-corrected chi connectivity index (χ4v) is 0.823. The number of hydrogen-bond acceptors (Lipinski definition) is 1. The molecule has 0 atom stereocenters. The minimum Gasteiger partial charge on any atom is -0.161 e. The molecule has 0 aliphatic carbocycles. The standard InChI is InChI=1S/C8H3F6N/c1-4-2-5(7(9,10)11)15-6(3-4)8(12,13)14/h1H3/q+1. The van der Waals surface area contributed by atoms with E-state index in [4.69, 9.17) is 0 Å². The lowest BCUT2D eigenvalue weighted by atomic mass is 10.1. The molecule has 1 heterocycles. The highest BCUT2D eigenvalue weighted by Crippen LogP contribution is 2.27. The van der Waals surface area contributed by atoms with Gasteiger partial charge in [0.15, 0.2) is 0 Å². The third kappa shape index (κ3) is 2.84. The normalized spacial score (nSPS) is 18.2. The summed E-state index contributed by atoms with van der Waals surface area (Å²) in [6.07, 6.45) is -6.55. The summed E-state index contributed by atoms with van der Waals surface area (Å²) >= 11 is 0. The summed E-state index contributed by atoms with van der Waals surface area (Å²) < 4.78 is 72.4. The molecule has 0 aromatic heterocycles. The number of aliphatic imine (C=N–C) groups is 1. The molecule has 1 nitrogen and oxygen atoms in total. The molecule has 0 saturated carbocycles. The molecule has 0 amide bonds. The molecule has 0 N–H and O–H groups in total. The van der Waals surface area contributed by atoms with Crippen LogP contribution < -0.4 is 4.99 Å². The van der Waals surface area contributed by atoms with Crippen molar-refractivity contribution in [3.8, 4) is 0 Å². The first-order valence-corrected chi connectivity index (χ1v) is 3.58. The van der Waals surface area contributed by atoms with E-state index in [1.54, 1.807) is 12.2 Å². The van der Waals surface area contributed by atoms with Gasteiger partial charge in [-0.15, -0.1) is 0 Å². The largest absolute Gasteiger partial charge is 0.485 e. The minimum atomic E-state index is -4.94. The molecule has 1 rings (SSSR count). The van der Waals surface area contributed by atoms with Crippen LogP contribution in [0.25, 0.3) is 0 Å². The van der Waals surface area contributed by atoms with Crippen molar-refractivity contribution in [2.24, 2.45) is 0 Å². The molecule has 1 aliphatic rings. The zero-order valence-corrected chi connectivity index (χ0v) is 7.22. The highest BCUT2D eigenvalue weighted by Gasteiger charge is 2.51. The van der Waals surface area contributed by atoms with Gasteiger partial charge < -0.3 is 0 Å². The fourth-order valence-electron chi connectivity index (χ4n) is 0.823. The summed E-state index contributed by atoms with van der Waals surface area (Å²) in [5.41, 5.74) is -3.76. The molecule has 3 radical (unpaired) electrons. The van der Waals surface area contributed by atoms with Crippen molar-refractivity contribution in [1.82, 2.24) is 4.99 Å². The highest BCUT2D eigenvalue weighted by molar-refractivity contribution is 5.97. The Labute approximate surface area is 80.8 Å². The first-order chi connectivity index (χ1) is 6.60. The topological polar surface area (TPSA) is 14.1 Å². The number of allylic oxidation sites excluding steroid dienone is 4. The number of alkyl halides is 6. The Morgan fingerprint density at radius 3 is 1.87 bits per heavy atom.